The number of likely N-dealkylation sites (tertiary alicyclic amines) is 1. The van der Waals surface area contributed by atoms with Gasteiger partial charge in [-0.1, -0.05) is 11.6 Å². The molecule has 1 radical (unpaired) electrons. The van der Waals surface area contributed by atoms with Crippen LogP contribution in [0.2, 0.25) is 5.02 Å². The minimum Gasteiger partial charge on any atom is -0.444 e. The summed E-state index contributed by atoms with van der Waals surface area (Å²) in [6.07, 6.45) is 1.73. The van der Waals surface area contributed by atoms with Gasteiger partial charge in [-0.2, -0.15) is 0 Å². The lowest BCUT2D eigenvalue weighted by atomic mass is 10.0. The molecule has 0 aliphatic carbocycles. The topological polar surface area (TPSA) is 34.5 Å². The fourth-order valence-corrected chi connectivity index (χ4v) is 2.85. The molecule has 0 spiro atoms. The van der Waals surface area contributed by atoms with Crippen LogP contribution >= 0.6 is 11.6 Å². The zero-order chi connectivity index (χ0) is 15.9. The van der Waals surface area contributed by atoms with Gasteiger partial charge in [-0.05, 0) is 39.0 Å². The third kappa shape index (κ3) is 3.22. The van der Waals surface area contributed by atoms with E-state index in [1.54, 1.807) is 4.90 Å². The lowest BCUT2D eigenvalue weighted by Crippen LogP contribution is -2.52. The van der Waals surface area contributed by atoms with Gasteiger partial charge in [0.25, 0.3) is 0 Å². The highest BCUT2D eigenvalue weighted by atomic mass is 35.5. The van der Waals surface area contributed by atoms with Crippen LogP contribution in [0.3, 0.4) is 0 Å². The van der Waals surface area contributed by atoms with Crippen molar-refractivity contribution in [1.29, 1.82) is 0 Å². The van der Waals surface area contributed by atoms with Crippen LogP contribution in [0.1, 0.15) is 20.8 Å². The monoisotopic (exact) mass is 319 g/mol. The van der Waals surface area contributed by atoms with Crippen molar-refractivity contribution < 1.29 is 9.53 Å². The van der Waals surface area contributed by atoms with Crippen LogP contribution in [0.15, 0.2) is 24.4 Å². The van der Waals surface area contributed by atoms with Gasteiger partial charge in [0.1, 0.15) is 5.60 Å². The summed E-state index contributed by atoms with van der Waals surface area (Å²) in [5.41, 5.74) is 0.688. The Morgan fingerprint density at radius 1 is 1.41 bits per heavy atom. The molecule has 2 heterocycles. The average Bonchev–Trinajstić information content (AvgIpc) is 2.73. The molecule has 1 fully saturated rings. The predicted octanol–water partition coefficient (Wildman–Crippen LogP) is 3.96. The number of carbonyl (C=O) groups is 1. The number of aromatic nitrogens is 1. The fraction of sp³-hybridized carbons (Fsp3) is 0.471. The summed E-state index contributed by atoms with van der Waals surface area (Å²) in [6, 6.07) is 9.04. The molecule has 1 amide bonds. The van der Waals surface area contributed by atoms with Crippen LogP contribution in [0.5, 0.6) is 0 Å². The van der Waals surface area contributed by atoms with E-state index in [0.29, 0.717) is 5.92 Å². The van der Waals surface area contributed by atoms with Gasteiger partial charge in [-0.25, -0.2) is 4.79 Å². The second-order valence-corrected chi connectivity index (χ2v) is 7.28. The SMILES string of the molecule is CC(C)(C)OC(=O)N1CC(Cn2c[c]c3cc(Cl)ccc32)C1. The second kappa shape index (κ2) is 5.51. The summed E-state index contributed by atoms with van der Waals surface area (Å²) in [6.45, 7) is 8.00. The molecular formula is C17H20ClN2O2. The number of hydrogen-bond acceptors (Lipinski definition) is 2. The number of nitrogens with zero attached hydrogens (tertiary/aromatic N) is 2. The number of hydrogen-bond donors (Lipinski definition) is 0. The van der Waals surface area contributed by atoms with Crippen molar-refractivity contribution in [1.82, 2.24) is 9.47 Å². The molecule has 0 atom stereocenters. The summed E-state index contributed by atoms with van der Waals surface area (Å²) in [7, 11) is 0. The third-order valence-corrected chi connectivity index (χ3v) is 3.94. The zero-order valence-electron chi connectivity index (χ0n) is 13.1. The number of fused-ring (bicyclic) bond motifs is 1. The summed E-state index contributed by atoms with van der Waals surface area (Å²) in [5.74, 6) is 0.451. The van der Waals surface area contributed by atoms with E-state index in [9.17, 15) is 4.79 Å². The van der Waals surface area contributed by atoms with E-state index in [0.717, 1.165) is 35.6 Å². The van der Waals surface area contributed by atoms with Crippen molar-refractivity contribution in [3.63, 3.8) is 0 Å². The number of benzene rings is 1. The smallest absolute Gasteiger partial charge is 0.410 e. The number of rotatable bonds is 2. The zero-order valence-corrected chi connectivity index (χ0v) is 13.9. The average molecular weight is 320 g/mol. The first kappa shape index (κ1) is 15.2. The molecule has 117 valence electrons. The number of carbonyl (C=O) groups excluding carboxylic acids is 1. The van der Waals surface area contributed by atoms with Crippen molar-refractivity contribution in [2.75, 3.05) is 13.1 Å². The van der Waals surface area contributed by atoms with Gasteiger partial charge in [0.15, 0.2) is 0 Å². The van der Waals surface area contributed by atoms with Crippen LogP contribution in [0.25, 0.3) is 10.9 Å². The molecule has 0 saturated carbocycles. The van der Waals surface area contributed by atoms with E-state index in [-0.39, 0.29) is 6.09 Å². The molecule has 1 aromatic heterocycles. The number of amides is 1. The van der Waals surface area contributed by atoms with Gasteiger partial charge in [-0.3, -0.25) is 0 Å². The van der Waals surface area contributed by atoms with E-state index in [4.69, 9.17) is 16.3 Å². The number of halogens is 1. The molecule has 0 bridgehead atoms. The van der Waals surface area contributed by atoms with Crippen molar-refractivity contribution in [2.24, 2.45) is 5.92 Å². The lowest BCUT2D eigenvalue weighted by molar-refractivity contribution is -0.00315. The van der Waals surface area contributed by atoms with Gasteiger partial charge in [0.2, 0.25) is 0 Å². The maximum Gasteiger partial charge on any atom is 0.410 e. The highest BCUT2D eigenvalue weighted by molar-refractivity contribution is 6.31. The molecule has 22 heavy (non-hydrogen) atoms. The van der Waals surface area contributed by atoms with Crippen LogP contribution in [0.4, 0.5) is 4.79 Å². The predicted molar refractivity (Wildman–Crippen MR) is 87.1 cm³/mol. The quantitative estimate of drug-likeness (QED) is 0.839. The van der Waals surface area contributed by atoms with Gasteiger partial charge in [0.05, 0.1) is 0 Å². The van der Waals surface area contributed by atoms with Gasteiger partial charge < -0.3 is 14.2 Å². The Bertz CT molecular complexity index is 696. The van der Waals surface area contributed by atoms with Crippen molar-refractivity contribution in [3.8, 4) is 0 Å². The van der Waals surface area contributed by atoms with Crippen LogP contribution in [-0.2, 0) is 11.3 Å². The maximum absolute atomic E-state index is 11.9. The first-order chi connectivity index (χ1) is 10.3. The molecule has 3 rings (SSSR count). The first-order valence-corrected chi connectivity index (χ1v) is 7.83. The molecule has 2 aromatic rings. The Morgan fingerprint density at radius 3 is 2.82 bits per heavy atom. The Labute approximate surface area is 135 Å². The van der Waals surface area contributed by atoms with E-state index >= 15 is 0 Å². The standard InChI is InChI=1S/C17H20ClN2O2/c1-17(2,3)22-16(21)20-10-12(11-20)9-19-7-6-13-8-14(18)4-5-15(13)19/h4-5,7-8,12H,9-11H2,1-3H3. The van der Waals surface area contributed by atoms with Crippen molar-refractivity contribution in [3.05, 3.63) is 35.5 Å². The van der Waals surface area contributed by atoms with Gasteiger partial charge in [0, 0.05) is 53.7 Å². The Balaban J connectivity index is 1.59. The van der Waals surface area contributed by atoms with Crippen LogP contribution < -0.4 is 0 Å². The highest BCUT2D eigenvalue weighted by Gasteiger charge is 2.33. The van der Waals surface area contributed by atoms with Crippen LogP contribution in [-0.4, -0.2) is 34.3 Å². The molecular weight excluding hydrogens is 300 g/mol. The van der Waals surface area contributed by atoms with Gasteiger partial charge >= 0.3 is 6.09 Å². The van der Waals surface area contributed by atoms with E-state index in [1.807, 2.05) is 45.2 Å². The molecule has 0 unspecified atom stereocenters. The van der Waals surface area contributed by atoms with Gasteiger partial charge in [-0.15, -0.1) is 0 Å². The molecule has 1 saturated heterocycles. The maximum atomic E-state index is 11.9. The second-order valence-electron chi connectivity index (χ2n) is 6.84. The number of ether oxygens (including phenoxy) is 1. The fourth-order valence-electron chi connectivity index (χ4n) is 2.68. The molecule has 5 heteroatoms. The summed E-state index contributed by atoms with van der Waals surface area (Å²) < 4.78 is 7.54. The van der Waals surface area contributed by atoms with Crippen molar-refractivity contribution in [2.45, 2.75) is 32.9 Å². The molecule has 0 N–H and O–H groups in total. The largest absolute Gasteiger partial charge is 0.444 e. The van der Waals surface area contributed by atoms with Crippen LogP contribution in [0, 0.1) is 12.0 Å². The van der Waals surface area contributed by atoms with E-state index in [2.05, 4.69) is 10.6 Å². The lowest BCUT2D eigenvalue weighted by Gasteiger charge is -2.40. The highest BCUT2D eigenvalue weighted by Crippen LogP contribution is 2.25. The van der Waals surface area contributed by atoms with Crippen molar-refractivity contribution >= 4 is 28.6 Å². The molecule has 4 nitrogen and oxygen atoms in total. The third-order valence-electron chi connectivity index (χ3n) is 3.71. The Kier molecular flexibility index (Phi) is 3.81. The normalized spacial score (nSPS) is 15.9. The minimum absolute atomic E-state index is 0.223. The Hall–Kier alpha value is -1.68. The van der Waals surface area contributed by atoms with E-state index in [1.165, 1.54) is 0 Å². The minimum atomic E-state index is -0.437. The van der Waals surface area contributed by atoms with E-state index < -0.39 is 5.60 Å². The summed E-state index contributed by atoms with van der Waals surface area (Å²) in [5, 5.41) is 1.75. The molecule has 1 aliphatic rings. The summed E-state index contributed by atoms with van der Waals surface area (Å²) >= 11 is 5.99. The first-order valence-electron chi connectivity index (χ1n) is 7.46. The summed E-state index contributed by atoms with van der Waals surface area (Å²) in [4.78, 5) is 13.7. The molecule has 1 aromatic carbocycles. The molecule has 1 aliphatic heterocycles. The Morgan fingerprint density at radius 2 is 2.14 bits per heavy atom.